The maximum atomic E-state index is 13.2. The van der Waals surface area contributed by atoms with Gasteiger partial charge in [-0.05, 0) is 29.8 Å². The summed E-state index contributed by atoms with van der Waals surface area (Å²) in [6, 6.07) is 26.6. The maximum absolute atomic E-state index is 13.2. The first-order chi connectivity index (χ1) is 17.7. The second-order valence-electron chi connectivity index (χ2n) is 9.00. The van der Waals surface area contributed by atoms with E-state index in [2.05, 4.69) is 27.2 Å². The molecule has 1 aliphatic rings. The van der Waals surface area contributed by atoms with E-state index in [0.29, 0.717) is 24.3 Å². The monoisotopic (exact) mass is 483 g/mol. The molecule has 1 saturated heterocycles. The van der Waals surface area contributed by atoms with Gasteiger partial charge in [0.25, 0.3) is 5.91 Å². The molecule has 1 aliphatic heterocycles. The molecule has 0 radical (unpaired) electrons. The molecule has 7 heteroatoms. The molecule has 6 nitrogen and oxygen atoms in total. The third-order valence-electron chi connectivity index (χ3n) is 6.52. The van der Waals surface area contributed by atoms with Crippen LogP contribution in [0.2, 0.25) is 0 Å². The Kier molecular flexibility index (Phi) is 7.38. The molecule has 1 N–H and O–H groups in total. The van der Waals surface area contributed by atoms with Crippen molar-refractivity contribution in [2.75, 3.05) is 44.2 Å². The summed E-state index contributed by atoms with van der Waals surface area (Å²) in [5.41, 5.74) is 4.37. The van der Waals surface area contributed by atoms with E-state index in [0.717, 1.165) is 49.5 Å². The predicted molar refractivity (Wildman–Crippen MR) is 141 cm³/mol. The number of carbonyl (C=O) groups is 1. The molecule has 0 bridgehead atoms. The predicted octanol–water partition coefficient (Wildman–Crippen LogP) is 4.29. The van der Waals surface area contributed by atoms with Gasteiger partial charge in [-0.25, -0.2) is 4.39 Å². The molecule has 0 aliphatic carbocycles. The van der Waals surface area contributed by atoms with Crippen molar-refractivity contribution in [3.63, 3.8) is 0 Å². The minimum absolute atomic E-state index is 0.113. The zero-order chi connectivity index (χ0) is 24.7. The number of amides is 1. The molecule has 184 valence electrons. The number of anilines is 1. The van der Waals surface area contributed by atoms with Crippen LogP contribution in [0.1, 0.15) is 15.9 Å². The number of carbonyl (C=O) groups excluding carboxylic acids is 1. The van der Waals surface area contributed by atoms with Crippen LogP contribution in [0.15, 0.2) is 91.1 Å². The number of piperazine rings is 1. The Labute approximate surface area is 211 Å². The van der Waals surface area contributed by atoms with E-state index in [4.69, 9.17) is 5.10 Å². The first-order valence-electron chi connectivity index (χ1n) is 12.3. The Morgan fingerprint density at radius 2 is 1.53 bits per heavy atom. The number of nitrogens with one attached hydrogen (secondary N) is 1. The third kappa shape index (κ3) is 5.80. The van der Waals surface area contributed by atoms with Crippen LogP contribution >= 0.6 is 0 Å². The first-order valence-corrected chi connectivity index (χ1v) is 12.3. The zero-order valence-corrected chi connectivity index (χ0v) is 20.2. The lowest BCUT2D eigenvalue weighted by atomic mass is 10.1. The van der Waals surface area contributed by atoms with Gasteiger partial charge in [-0.2, -0.15) is 5.10 Å². The van der Waals surface area contributed by atoms with E-state index in [1.54, 1.807) is 0 Å². The van der Waals surface area contributed by atoms with Crippen LogP contribution in [0.4, 0.5) is 10.1 Å². The topological polar surface area (TPSA) is 53.4 Å². The molecule has 36 heavy (non-hydrogen) atoms. The summed E-state index contributed by atoms with van der Waals surface area (Å²) in [5.74, 6) is -0.327. The van der Waals surface area contributed by atoms with Crippen molar-refractivity contribution >= 4 is 11.6 Å². The molecule has 2 heterocycles. The molecule has 0 atom stereocenters. The largest absolute Gasteiger partial charge is 0.369 e. The average Bonchev–Trinajstić information content (AvgIpc) is 3.34. The van der Waals surface area contributed by atoms with E-state index in [1.165, 1.54) is 12.1 Å². The van der Waals surface area contributed by atoms with Crippen LogP contribution in [-0.4, -0.2) is 59.9 Å². The number of aromatic nitrogens is 2. The molecule has 3 aromatic carbocycles. The van der Waals surface area contributed by atoms with E-state index in [-0.39, 0.29) is 11.7 Å². The molecule has 0 unspecified atom stereocenters. The van der Waals surface area contributed by atoms with Gasteiger partial charge in [0, 0.05) is 56.7 Å². The van der Waals surface area contributed by atoms with Gasteiger partial charge in [0.1, 0.15) is 11.5 Å². The molecule has 1 aromatic heterocycles. The van der Waals surface area contributed by atoms with Gasteiger partial charge in [0.2, 0.25) is 0 Å². The summed E-state index contributed by atoms with van der Waals surface area (Å²) in [7, 11) is 0. The van der Waals surface area contributed by atoms with Gasteiger partial charge in [-0.1, -0.05) is 60.7 Å². The quantitative estimate of drug-likeness (QED) is 0.406. The lowest BCUT2D eigenvalue weighted by Crippen LogP contribution is -2.48. The standard InChI is InChI=1S/C29H30FN5O/c30-25-11-13-26(14-12-25)34-19-17-33(18-20-34)16-15-31-29(36)27-22-35(21-23-7-3-1-4-8-23)32-28(27)24-9-5-2-6-10-24/h1-14,22H,15-21H2,(H,31,36). The van der Waals surface area contributed by atoms with Crippen molar-refractivity contribution in [1.29, 1.82) is 0 Å². The second-order valence-corrected chi connectivity index (χ2v) is 9.00. The molecule has 0 spiro atoms. The lowest BCUT2D eigenvalue weighted by Gasteiger charge is -2.36. The molecular weight excluding hydrogens is 453 g/mol. The number of rotatable bonds is 8. The van der Waals surface area contributed by atoms with Crippen molar-refractivity contribution in [2.24, 2.45) is 0 Å². The van der Waals surface area contributed by atoms with Crippen molar-refractivity contribution in [1.82, 2.24) is 20.0 Å². The highest BCUT2D eigenvalue weighted by molar-refractivity contribution is 5.99. The highest BCUT2D eigenvalue weighted by Crippen LogP contribution is 2.22. The smallest absolute Gasteiger partial charge is 0.255 e. The fourth-order valence-electron chi connectivity index (χ4n) is 4.55. The highest BCUT2D eigenvalue weighted by atomic mass is 19.1. The second kappa shape index (κ2) is 11.2. The van der Waals surface area contributed by atoms with Crippen molar-refractivity contribution in [3.8, 4) is 11.3 Å². The fourth-order valence-corrected chi connectivity index (χ4v) is 4.55. The summed E-state index contributed by atoms with van der Waals surface area (Å²) in [6.45, 7) is 5.50. The summed E-state index contributed by atoms with van der Waals surface area (Å²) < 4.78 is 15.0. The van der Waals surface area contributed by atoms with Crippen LogP contribution in [0.25, 0.3) is 11.3 Å². The lowest BCUT2D eigenvalue weighted by molar-refractivity contribution is 0.0948. The van der Waals surface area contributed by atoms with Gasteiger partial charge in [-0.3, -0.25) is 14.4 Å². The van der Waals surface area contributed by atoms with Gasteiger partial charge >= 0.3 is 0 Å². The third-order valence-corrected chi connectivity index (χ3v) is 6.52. The van der Waals surface area contributed by atoms with E-state index < -0.39 is 0 Å². The fraction of sp³-hybridized carbons (Fsp3) is 0.241. The van der Waals surface area contributed by atoms with Crippen LogP contribution in [0.5, 0.6) is 0 Å². The number of nitrogens with zero attached hydrogens (tertiary/aromatic N) is 4. The molecule has 1 amide bonds. The zero-order valence-electron chi connectivity index (χ0n) is 20.2. The number of halogens is 1. The average molecular weight is 484 g/mol. The summed E-state index contributed by atoms with van der Waals surface area (Å²) in [6.07, 6.45) is 1.84. The normalized spacial score (nSPS) is 14.1. The van der Waals surface area contributed by atoms with Gasteiger partial charge < -0.3 is 10.2 Å². The number of hydrogen-bond acceptors (Lipinski definition) is 4. The van der Waals surface area contributed by atoms with Crippen LogP contribution in [0.3, 0.4) is 0 Å². The van der Waals surface area contributed by atoms with Gasteiger partial charge in [-0.15, -0.1) is 0 Å². The summed E-state index contributed by atoms with van der Waals surface area (Å²) >= 11 is 0. The van der Waals surface area contributed by atoms with Crippen LogP contribution < -0.4 is 10.2 Å². The number of hydrogen-bond donors (Lipinski definition) is 1. The summed E-state index contributed by atoms with van der Waals surface area (Å²) in [4.78, 5) is 17.8. The van der Waals surface area contributed by atoms with E-state index in [1.807, 2.05) is 71.5 Å². The Hall–Kier alpha value is -3.97. The Morgan fingerprint density at radius 1 is 0.861 bits per heavy atom. The highest BCUT2D eigenvalue weighted by Gasteiger charge is 2.20. The van der Waals surface area contributed by atoms with Crippen molar-refractivity contribution in [2.45, 2.75) is 6.54 Å². The maximum Gasteiger partial charge on any atom is 0.255 e. The SMILES string of the molecule is O=C(NCCN1CCN(c2ccc(F)cc2)CC1)c1cn(Cc2ccccc2)nc1-c1ccccc1. The van der Waals surface area contributed by atoms with Crippen molar-refractivity contribution in [3.05, 3.63) is 108 Å². The summed E-state index contributed by atoms with van der Waals surface area (Å²) in [5, 5.41) is 7.85. The minimum Gasteiger partial charge on any atom is -0.369 e. The van der Waals surface area contributed by atoms with E-state index in [9.17, 15) is 9.18 Å². The minimum atomic E-state index is -0.214. The Bertz CT molecular complexity index is 1270. The molecular formula is C29H30FN5O. The van der Waals surface area contributed by atoms with Gasteiger partial charge in [0.15, 0.2) is 0 Å². The Balaban J connectivity index is 1.19. The molecule has 5 rings (SSSR count). The first kappa shape index (κ1) is 23.8. The Morgan fingerprint density at radius 3 is 2.22 bits per heavy atom. The van der Waals surface area contributed by atoms with E-state index >= 15 is 0 Å². The molecule has 4 aromatic rings. The molecule has 0 saturated carbocycles. The molecule has 1 fully saturated rings. The van der Waals surface area contributed by atoms with Gasteiger partial charge in [0.05, 0.1) is 12.1 Å². The number of benzene rings is 3. The van der Waals surface area contributed by atoms with Crippen molar-refractivity contribution < 1.29 is 9.18 Å². The van der Waals surface area contributed by atoms with Crippen LogP contribution in [-0.2, 0) is 6.54 Å². The van der Waals surface area contributed by atoms with Crippen LogP contribution in [0, 0.1) is 5.82 Å².